The molecule has 2 N–H and O–H groups in total. The average Bonchev–Trinajstić information content (AvgIpc) is 2.39. The summed E-state index contributed by atoms with van der Waals surface area (Å²) in [6.07, 6.45) is 12.4. The summed E-state index contributed by atoms with van der Waals surface area (Å²) in [4.78, 5) is 2.68. The molecule has 0 aromatic rings. The highest BCUT2D eigenvalue weighted by Crippen LogP contribution is 2.37. The summed E-state index contributed by atoms with van der Waals surface area (Å²) < 4.78 is 0. The van der Waals surface area contributed by atoms with E-state index in [0.29, 0.717) is 5.54 Å². The Balaban J connectivity index is 1.98. The summed E-state index contributed by atoms with van der Waals surface area (Å²) in [5.41, 5.74) is 6.47. The fourth-order valence-corrected chi connectivity index (χ4v) is 3.93. The lowest BCUT2D eigenvalue weighted by molar-refractivity contribution is 0.0234. The van der Waals surface area contributed by atoms with Gasteiger partial charge in [-0.1, -0.05) is 26.2 Å². The standard InChI is InChI=1S/C15H30N2/c1-13-6-8-14(9-7-13)17(2)15(12-16)10-4-3-5-11-15/h13-14H,3-12,16H2,1-2H3. The molecule has 0 aliphatic heterocycles. The molecule has 0 spiro atoms. The van der Waals surface area contributed by atoms with Crippen LogP contribution in [-0.4, -0.2) is 30.1 Å². The van der Waals surface area contributed by atoms with Crippen molar-refractivity contribution >= 4 is 0 Å². The largest absolute Gasteiger partial charge is 0.329 e. The number of hydrogen-bond acceptors (Lipinski definition) is 2. The molecule has 17 heavy (non-hydrogen) atoms. The first-order valence-electron chi connectivity index (χ1n) is 7.61. The van der Waals surface area contributed by atoms with Crippen molar-refractivity contribution in [2.45, 2.75) is 76.3 Å². The van der Waals surface area contributed by atoms with E-state index in [2.05, 4.69) is 18.9 Å². The molecule has 100 valence electrons. The average molecular weight is 238 g/mol. The van der Waals surface area contributed by atoms with E-state index >= 15 is 0 Å². The summed E-state index contributed by atoms with van der Waals surface area (Å²) in [6, 6.07) is 0.799. The van der Waals surface area contributed by atoms with Gasteiger partial charge in [0.15, 0.2) is 0 Å². The Morgan fingerprint density at radius 1 is 1.06 bits per heavy atom. The number of hydrogen-bond donors (Lipinski definition) is 1. The monoisotopic (exact) mass is 238 g/mol. The summed E-state index contributed by atoms with van der Waals surface area (Å²) in [5, 5.41) is 0. The molecule has 2 aliphatic carbocycles. The van der Waals surface area contributed by atoms with Crippen LogP contribution in [0.1, 0.15) is 64.7 Å². The summed E-state index contributed by atoms with van der Waals surface area (Å²) in [7, 11) is 2.35. The molecule has 0 unspecified atom stereocenters. The van der Waals surface area contributed by atoms with E-state index in [-0.39, 0.29) is 0 Å². The van der Waals surface area contributed by atoms with Gasteiger partial charge in [0.2, 0.25) is 0 Å². The van der Waals surface area contributed by atoms with Crippen LogP contribution in [0.15, 0.2) is 0 Å². The van der Waals surface area contributed by atoms with Crippen molar-refractivity contribution in [3.05, 3.63) is 0 Å². The van der Waals surface area contributed by atoms with Gasteiger partial charge in [-0.2, -0.15) is 0 Å². The molecule has 0 atom stereocenters. The second kappa shape index (κ2) is 5.71. The normalized spacial score (nSPS) is 33.9. The Labute approximate surface area is 107 Å². The minimum absolute atomic E-state index is 0.337. The smallest absolute Gasteiger partial charge is 0.0331 e. The van der Waals surface area contributed by atoms with Crippen molar-refractivity contribution in [1.29, 1.82) is 0 Å². The third-order valence-corrected chi connectivity index (χ3v) is 5.45. The SMILES string of the molecule is CC1CCC(N(C)C2(CN)CCCCC2)CC1. The fourth-order valence-electron chi connectivity index (χ4n) is 3.93. The van der Waals surface area contributed by atoms with Gasteiger partial charge in [0.1, 0.15) is 0 Å². The fraction of sp³-hybridized carbons (Fsp3) is 1.00. The van der Waals surface area contributed by atoms with Crippen molar-refractivity contribution in [3.8, 4) is 0 Å². The van der Waals surface area contributed by atoms with E-state index < -0.39 is 0 Å². The summed E-state index contributed by atoms with van der Waals surface area (Å²) >= 11 is 0. The second-order valence-electron chi connectivity index (χ2n) is 6.51. The van der Waals surface area contributed by atoms with Crippen molar-refractivity contribution in [2.24, 2.45) is 11.7 Å². The molecule has 0 saturated heterocycles. The van der Waals surface area contributed by atoms with Crippen LogP contribution in [0, 0.1) is 5.92 Å². The molecule has 0 aromatic carbocycles. The van der Waals surface area contributed by atoms with Gasteiger partial charge < -0.3 is 5.73 Å². The first-order chi connectivity index (χ1) is 8.18. The molecule has 2 saturated carbocycles. The molecular formula is C15H30N2. The highest BCUT2D eigenvalue weighted by atomic mass is 15.2. The van der Waals surface area contributed by atoms with Gasteiger partial charge in [0.05, 0.1) is 0 Å². The minimum atomic E-state index is 0.337. The van der Waals surface area contributed by atoms with Gasteiger partial charge in [-0.05, 0) is 51.5 Å². The maximum absolute atomic E-state index is 6.13. The van der Waals surface area contributed by atoms with Crippen LogP contribution in [0.3, 0.4) is 0 Å². The molecule has 0 radical (unpaired) electrons. The Kier molecular flexibility index (Phi) is 4.48. The highest BCUT2D eigenvalue weighted by Gasteiger charge is 2.38. The van der Waals surface area contributed by atoms with E-state index in [4.69, 9.17) is 5.73 Å². The summed E-state index contributed by atoms with van der Waals surface area (Å²) in [6.45, 7) is 3.26. The first kappa shape index (κ1) is 13.4. The van der Waals surface area contributed by atoms with Gasteiger partial charge in [0, 0.05) is 18.1 Å². The Bertz CT molecular complexity index is 225. The number of nitrogens with zero attached hydrogens (tertiary/aromatic N) is 1. The third kappa shape index (κ3) is 2.85. The quantitative estimate of drug-likeness (QED) is 0.818. The highest BCUT2D eigenvalue weighted by molar-refractivity contribution is 4.96. The zero-order valence-corrected chi connectivity index (χ0v) is 11.8. The van der Waals surface area contributed by atoms with Crippen LogP contribution >= 0.6 is 0 Å². The van der Waals surface area contributed by atoms with Crippen molar-refractivity contribution in [3.63, 3.8) is 0 Å². The maximum atomic E-state index is 6.13. The van der Waals surface area contributed by atoms with Crippen LogP contribution in [-0.2, 0) is 0 Å². The molecular weight excluding hydrogens is 208 g/mol. The molecule has 2 nitrogen and oxygen atoms in total. The number of likely N-dealkylation sites (N-methyl/N-ethyl adjacent to an activating group) is 1. The Morgan fingerprint density at radius 3 is 2.18 bits per heavy atom. The van der Waals surface area contributed by atoms with E-state index in [1.807, 2.05) is 0 Å². The number of rotatable bonds is 3. The molecule has 0 heterocycles. The predicted octanol–water partition coefficient (Wildman–Crippen LogP) is 3.16. The Morgan fingerprint density at radius 2 is 1.65 bits per heavy atom. The third-order valence-electron chi connectivity index (χ3n) is 5.45. The predicted molar refractivity (Wildman–Crippen MR) is 74.1 cm³/mol. The zero-order chi connectivity index (χ0) is 12.3. The van der Waals surface area contributed by atoms with Crippen LogP contribution in [0.25, 0.3) is 0 Å². The maximum Gasteiger partial charge on any atom is 0.0331 e. The van der Waals surface area contributed by atoms with Crippen LogP contribution in [0.4, 0.5) is 0 Å². The van der Waals surface area contributed by atoms with E-state index in [9.17, 15) is 0 Å². The van der Waals surface area contributed by atoms with Gasteiger partial charge in [-0.25, -0.2) is 0 Å². The molecule has 0 bridgehead atoms. The number of nitrogens with two attached hydrogens (primary N) is 1. The lowest BCUT2D eigenvalue weighted by atomic mass is 9.77. The molecule has 2 fully saturated rings. The van der Waals surface area contributed by atoms with E-state index in [0.717, 1.165) is 18.5 Å². The summed E-state index contributed by atoms with van der Waals surface area (Å²) in [5.74, 6) is 0.944. The molecule has 2 rings (SSSR count). The zero-order valence-electron chi connectivity index (χ0n) is 11.8. The molecule has 0 amide bonds. The molecule has 2 aliphatic rings. The second-order valence-corrected chi connectivity index (χ2v) is 6.51. The van der Waals surface area contributed by atoms with Gasteiger partial charge in [0.25, 0.3) is 0 Å². The van der Waals surface area contributed by atoms with Crippen LogP contribution in [0.2, 0.25) is 0 Å². The van der Waals surface area contributed by atoms with Crippen molar-refractivity contribution in [2.75, 3.05) is 13.6 Å². The van der Waals surface area contributed by atoms with Crippen LogP contribution < -0.4 is 5.73 Å². The Hall–Kier alpha value is -0.0800. The van der Waals surface area contributed by atoms with Gasteiger partial charge >= 0.3 is 0 Å². The first-order valence-corrected chi connectivity index (χ1v) is 7.61. The lowest BCUT2D eigenvalue weighted by Crippen LogP contribution is -2.57. The van der Waals surface area contributed by atoms with Crippen molar-refractivity contribution < 1.29 is 0 Å². The topological polar surface area (TPSA) is 29.3 Å². The van der Waals surface area contributed by atoms with E-state index in [1.165, 1.54) is 57.8 Å². The van der Waals surface area contributed by atoms with Crippen molar-refractivity contribution in [1.82, 2.24) is 4.90 Å². The van der Waals surface area contributed by atoms with Gasteiger partial charge in [-0.3, -0.25) is 4.90 Å². The molecule has 2 heteroatoms. The van der Waals surface area contributed by atoms with Gasteiger partial charge in [-0.15, -0.1) is 0 Å². The van der Waals surface area contributed by atoms with Crippen LogP contribution in [0.5, 0.6) is 0 Å². The molecule has 0 aromatic heterocycles. The lowest BCUT2D eigenvalue weighted by Gasteiger charge is -2.49. The van der Waals surface area contributed by atoms with E-state index in [1.54, 1.807) is 0 Å². The minimum Gasteiger partial charge on any atom is -0.329 e.